The maximum absolute atomic E-state index is 5.77. The average molecular weight is 228 g/mol. The third-order valence-corrected chi connectivity index (χ3v) is 3.68. The first-order valence-electron chi connectivity index (χ1n) is 6.06. The Balaban J connectivity index is 1.95. The van der Waals surface area contributed by atoms with Crippen molar-refractivity contribution in [2.45, 2.75) is 18.8 Å². The molecule has 0 aliphatic heterocycles. The number of aromatic nitrogens is 3. The zero-order valence-corrected chi connectivity index (χ0v) is 9.66. The molecule has 88 valence electrons. The summed E-state index contributed by atoms with van der Waals surface area (Å²) in [6.07, 6.45) is 4.29. The molecule has 1 aliphatic rings. The Morgan fingerprint density at radius 1 is 1.24 bits per heavy atom. The molecule has 0 saturated heterocycles. The summed E-state index contributed by atoms with van der Waals surface area (Å²) in [4.78, 5) is 0. The summed E-state index contributed by atoms with van der Waals surface area (Å²) >= 11 is 0. The molecule has 2 aromatic rings. The Kier molecular flexibility index (Phi) is 2.65. The van der Waals surface area contributed by atoms with E-state index in [9.17, 15) is 0 Å². The highest BCUT2D eigenvalue weighted by molar-refractivity contribution is 5.33. The van der Waals surface area contributed by atoms with Crippen molar-refractivity contribution >= 4 is 0 Å². The number of nitrogens with zero attached hydrogens (tertiary/aromatic N) is 3. The number of para-hydroxylation sites is 1. The fourth-order valence-corrected chi connectivity index (χ4v) is 2.51. The lowest BCUT2D eigenvalue weighted by molar-refractivity contribution is 0.255. The van der Waals surface area contributed by atoms with Gasteiger partial charge in [0.25, 0.3) is 0 Å². The molecule has 1 aromatic carbocycles. The fourth-order valence-electron chi connectivity index (χ4n) is 2.51. The molecule has 17 heavy (non-hydrogen) atoms. The predicted molar refractivity (Wildman–Crippen MR) is 65.9 cm³/mol. The second-order valence-corrected chi connectivity index (χ2v) is 4.59. The number of hydrogen-bond acceptors (Lipinski definition) is 3. The van der Waals surface area contributed by atoms with E-state index < -0.39 is 0 Å². The van der Waals surface area contributed by atoms with Gasteiger partial charge in [0.15, 0.2) is 0 Å². The SMILES string of the molecule is NCC1CCC1c1cnnn1-c1ccccc1. The quantitative estimate of drug-likeness (QED) is 0.870. The molecule has 2 unspecified atom stereocenters. The van der Waals surface area contributed by atoms with Crippen LogP contribution in [0.2, 0.25) is 0 Å². The lowest BCUT2D eigenvalue weighted by atomic mass is 9.72. The lowest BCUT2D eigenvalue weighted by Gasteiger charge is -2.35. The second kappa shape index (κ2) is 4.30. The molecule has 0 bridgehead atoms. The van der Waals surface area contributed by atoms with Gasteiger partial charge in [0.05, 0.1) is 17.6 Å². The summed E-state index contributed by atoms with van der Waals surface area (Å²) in [6, 6.07) is 10.1. The number of hydrogen-bond donors (Lipinski definition) is 1. The van der Waals surface area contributed by atoms with Crippen LogP contribution in [0.5, 0.6) is 0 Å². The summed E-state index contributed by atoms with van der Waals surface area (Å²) in [5.41, 5.74) is 8.03. The van der Waals surface area contributed by atoms with E-state index in [0.29, 0.717) is 11.8 Å². The first-order chi connectivity index (χ1) is 8.40. The first-order valence-corrected chi connectivity index (χ1v) is 6.06. The van der Waals surface area contributed by atoms with Crippen LogP contribution in [0.4, 0.5) is 0 Å². The minimum atomic E-state index is 0.523. The van der Waals surface area contributed by atoms with Crippen molar-refractivity contribution in [3.63, 3.8) is 0 Å². The lowest BCUT2D eigenvalue weighted by Crippen LogP contribution is -2.31. The number of benzene rings is 1. The van der Waals surface area contributed by atoms with E-state index in [1.54, 1.807) is 0 Å². The average Bonchev–Trinajstić information content (AvgIpc) is 2.78. The Morgan fingerprint density at radius 3 is 2.71 bits per heavy atom. The molecule has 3 rings (SSSR count). The smallest absolute Gasteiger partial charge is 0.0732 e. The highest BCUT2D eigenvalue weighted by Crippen LogP contribution is 2.41. The summed E-state index contributed by atoms with van der Waals surface area (Å²) in [7, 11) is 0. The zero-order chi connectivity index (χ0) is 11.7. The molecule has 1 aromatic heterocycles. The van der Waals surface area contributed by atoms with Crippen molar-refractivity contribution in [3.8, 4) is 5.69 Å². The van der Waals surface area contributed by atoms with Crippen LogP contribution in [0.3, 0.4) is 0 Å². The molecule has 1 aliphatic carbocycles. The van der Waals surface area contributed by atoms with E-state index in [2.05, 4.69) is 10.3 Å². The molecule has 0 spiro atoms. The van der Waals surface area contributed by atoms with Gasteiger partial charge < -0.3 is 5.73 Å². The van der Waals surface area contributed by atoms with E-state index in [1.807, 2.05) is 41.2 Å². The summed E-state index contributed by atoms with van der Waals surface area (Å²) < 4.78 is 1.94. The van der Waals surface area contributed by atoms with Crippen molar-refractivity contribution in [3.05, 3.63) is 42.2 Å². The van der Waals surface area contributed by atoms with Gasteiger partial charge in [0.1, 0.15) is 0 Å². The second-order valence-electron chi connectivity index (χ2n) is 4.59. The number of rotatable bonds is 3. The van der Waals surface area contributed by atoms with Gasteiger partial charge in [-0.2, -0.15) is 0 Å². The van der Waals surface area contributed by atoms with Crippen LogP contribution in [0.15, 0.2) is 36.5 Å². The van der Waals surface area contributed by atoms with E-state index >= 15 is 0 Å². The molecule has 1 saturated carbocycles. The van der Waals surface area contributed by atoms with Crippen LogP contribution in [0, 0.1) is 5.92 Å². The topological polar surface area (TPSA) is 56.7 Å². The minimum Gasteiger partial charge on any atom is -0.330 e. The maximum Gasteiger partial charge on any atom is 0.0732 e. The molecular formula is C13H16N4. The van der Waals surface area contributed by atoms with Gasteiger partial charge in [0, 0.05) is 5.92 Å². The normalized spacial score (nSPS) is 23.4. The molecule has 4 heteroatoms. The van der Waals surface area contributed by atoms with Crippen LogP contribution >= 0.6 is 0 Å². The Labute approximate surface area is 100 Å². The van der Waals surface area contributed by atoms with Gasteiger partial charge >= 0.3 is 0 Å². The van der Waals surface area contributed by atoms with E-state index in [0.717, 1.165) is 12.2 Å². The molecule has 1 heterocycles. The van der Waals surface area contributed by atoms with Gasteiger partial charge in [-0.05, 0) is 37.4 Å². The molecule has 2 atom stereocenters. The standard InChI is InChI=1S/C13H16N4/c14-8-10-6-7-12(10)13-9-15-16-17(13)11-4-2-1-3-5-11/h1-5,9-10,12H,6-8,14H2. The Morgan fingerprint density at radius 2 is 2.06 bits per heavy atom. The third-order valence-electron chi connectivity index (χ3n) is 3.68. The van der Waals surface area contributed by atoms with Crippen molar-refractivity contribution in [2.75, 3.05) is 6.54 Å². The van der Waals surface area contributed by atoms with Gasteiger partial charge in [-0.15, -0.1) is 5.10 Å². The molecule has 2 N–H and O–H groups in total. The van der Waals surface area contributed by atoms with Crippen LogP contribution in [0.1, 0.15) is 24.5 Å². The van der Waals surface area contributed by atoms with Crippen LogP contribution in [0.25, 0.3) is 5.69 Å². The van der Waals surface area contributed by atoms with Crippen molar-refractivity contribution in [2.24, 2.45) is 11.7 Å². The summed E-state index contributed by atoms with van der Waals surface area (Å²) in [6.45, 7) is 0.755. The van der Waals surface area contributed by atoms with Crippen molar-refractivity contribution in [1.82, 2.24) is 15.0 Å². The van der Waals surface area contributed by atoms with Crippen molar-refractivity contribution < 1.29 is 0 Å². The van der Waals surface area contributed by atoms with Crippen molar-refractivity contribution in [1.29, 1.82) is 0 Å². The minimum absolute atomic E-state index is 0.523. The molecule has 4 nitrogen and oxygen atoms in total. The predicted octanol–water partition coefficient (Wildman–Crippen LogP) is 1.72. The highest BCUT2D eigenvalue weighted by atomic mass is 15.4. The van der Waals surface area contributed by atoms with E-state index in [1.165, 1.54) is 18.5 Å². The third kappa shape index (κ3) is 1.74. The monoisotopic (exact) mass is 228 g/mol. The Bertz CT molecular complexity index is 489. The van der Waals surface area contributed by atoms with Gasteiger partial charge in [0.2, 0.25) is 0 Å². The first kappa shape index (κ1) is 10.5. The van der Waals surface area contributed by atoms with Crippen LogP contribution < -0.4 is 5.73 Å². The number of nitrogens with two attached hydrogens (primary N) is 1. The summed E-state index contributed by atoms with van der Waals surface area (Å²) in [5, 5.41) is 8.23. The Hall–Kier alpha value is -1.68. The maximum atomic E-state index is 5.77. The molecule has 0 amide bonds. The van der Waals surface area contributed by atoms with Gasteiger partial charge in [-0.25, -0.2) is 4.68 Å². The van der Waals surface area contributed by atoms with E-state index in [-0.39, 0.29) is 0 Å². The van der Waals surface area contributed by atoms with Gasteiger partial charge in [-0.1, -0.05) is 23.4 Å². The molecule has 1 fully saturated rings. The molecular weight excluding hydrogens is 212 g/mol. The zero-order valence-electron chi connectivity index (χ0n) is 9.66. The van der Waals surface area contributed by atoms with E-state index in [4.69, 9.17) is 5.73 Å². The molecule has 0 radical (unpaired) electrons. The largest absolute Gasteiger partial charge is 0.330 e. The van der Waals surface area contributed by atoms with Crippen LogP contribution in [-0.4, -0.2) is 21.5 Å². The highest BCUT2D eigenvalue weighted by Gasteiger charge is 2.33. The summed E-state index contributed by atoms with van der Waals surface area (Å²) in [5.74, 6) is 1.12. The fraction of sp³-hybridized carbons (Fsp3) is 0.385. The van der Waals surface area contributed by atoms with Crippen LogP contribution in [-0.2, 0) is 0 Å². The van der Waals surface area contributed by atoms with Gasteiger partial charge in [-0.3, -0.25) is 0 Å².